The van der Waals surface area contributed by atoms with E-state index in [0.717, 1.165) is 24.6 Å². The van der Waals surface area contributed by atoms with Crippen molar-refractivity contribution in [2.75, 3.05) is 57.1 Å². The molecule has 3 saturated heterocycles. The summed E-state index contributed by atoms with van der Waals surface area (Å²) in [7, 11) is 1.51. The summed E-state index contributed by atoms with van der Waals surface area (Å²) >= 11 is 0.677. The number of carbonyl (C=O) groups excluding carboxylic acids is 1. The molecule has 3 aliphatic rings. The number of aromatic nitrogens is 2. The molecule has 54 heavy (non-hydrogen) atoms. The highest BCUT2D eigenvalue weighted by molar-refractivity contribution is 7.23. The van der Waals surface area contributed by atoms with Crippen LogP contribution in [0.25, 0.3) is 32.1 Å². The van der Waals surface area contributed by atoms with Crippen LogP contribution in [0.5, 0.6) is 6.01 Å². The first kappa shape index (κ1) is 37.9. The van der Waals surface area contributed by atoms with Gasteiger partial charge in [0.15, 0.2) is 5.82 Å². The molecule has 0 saturated carbocycles. The first-order chi connectivity index (χ1) is 25.7. The zero-order valence-electron chi connectivity index (χ0n) is 29.9. The predicted octanol–water partition coefficient (Wildman–Crippen LogP) is 7.07. The highest BCUT2D eigenvalue weighted by Crippen LogP contribution is 2.48. The summed E-state index contributed by atoms with van der Waals surface area (Å²) in [5.41, 5.74) is 1.85. The van der Waals surface area contributed by atoms with Crippen molar-refractivity contribution in [1.29, 1.82) is 5.26 Å². The number of halogens is 6. The minimum Gasteiger partial charge on any atom is -0.461 e. The minimum atomic E-state index is -5.14. The first-order valence-electron chi connectivity index (χ1n) is 17.8. The van der Waals surface area contributed by atoms with E-state index in [9.17, 15) is 14.4 Å². The number of nitrogens with zero attached hydrogens (tertiary/aromatic N) is 6. The molecule has 0 spiro atoms. The van der Waals surface area contributed by atoms with Crippen LogP contribution in [0.4, 0.5) is 37.2 Å². The summed E-state index contributed by atoms with van der Waals surface area (Å²) in [6.45, 7) is 5.04. The van der Waals surface area contributed by atoms with E-state index in [2.05, 4.69) is 9.97 Å². The van der Waals surface area contributed by atoms with Crippen molar-refractivity contribution in [2.45, 2.75) is 75.9 Å². The van der Waals surface area contributed by atoms with Crippen LogP contribution in [0.15, 0.2) is 18.2 Å². The third kappa shape index (κ3) is 6.35. The van der Waals surface area contributed by atoms with Crippen LogP contribution in [0.2, 0.25) is 0 Å². The molecule has 2 aromatic heterocycles. The number of anilines is 2. The number of rotatable bonds is 10. The Bertz CT molecular complexity index is 2160. The van der Waals surface area contributed by atoms with Crippen molar-refractivity contribution in [3.8, 4) is 23.2 Å². The van der Waals surface area contributed by atoms with Gasteiger partial charge < -0.3 is 25.0 Å². The summed E-state index contributed by atoms with van der Waals surface area (Å²) < 4.78 is 104. The van der Waals surface area contributed by atoms with Crippen molar-refractivity contribution in [3.63, 3.8) is 0 Å². The third-order valence-corrected chi connectivity index (χ3v) is 12.1. The molecule has 2 aromatic carbocycles. The van der Waals surface area contributed by atoms with Crippen molar-refractivity contribution in [1.82, 2.24) is 19.8 Å². The Morgan fingerprint density at radius 2 is 2.00 bits per heavy atom. The summed E-state index contributed by atoms with van der Waals surface area (Å²) in [5.74, 6) is -2.38. The van der Waals surface area contributed by atoms with Gasteiger partial charge in [-0.3, -0.25) is 9.69 Å². The second kappa shape index (κ2) is 14.3. The van der Waals surface area contributed by atoms with Gasteiger partial charge in [-0.25, -0.2) is 13.2 Å². The van der Waals surface area contributed by atoms with Gasteiger partial charge in [-0.2, -0.15) is 28.4 Å². The van der Waals surface area contributed by atoms with E-state index in [1.54, 1.807) is 23.6 Å². The zero-order valence-corrected chi connectivity index (χ0v) is 30.7. The average molecular weight is 776 g/mol. The Hall–Kier alpha value is -4.40. The van der Waals surface area contributed by atoms with E-state index in [1.165, 1.54) is 7.11 Å². The number of likely N-dealkylation sites (tertiary alicyclic amines) is 1. The highest BCUT2D eigenvalue weighted by Gasteiger charge is 2.49. The maximum Gasteiger partial charge on any atom is 0.417 e. The van der Waals surface area contributed by atoms with E-state index < -0.39 is 52.2 Å². The lowest BCUT2D eigenvalue weighted by Gasteiger charge is -2.32. The number of amides is 1. The van der Waals surface area contributed by atoms with Gasteiger partial charge in [-0.05, 0) is 50.4 Å². The lowest BCUT2D eigenvalue weighted by Crippen LogP contribution is -2.43. The number of ether oxygens (including phenoxy) is 2. The number of fused-ring (bicyclic) bond motifs is 3. The molecule has 10 nitrogen and oxygen atoms in total. The Labute approximate surface area is 311 Å². The van der Waals surface area contributed by atoms with E-state index in [4.69, 9.17) is 15.2 Å². The molecule has 0 radical (unpaired) electrons. The third-order valence-electron chi connectivity index (χ3n) is 11.1. The number of hydrogen-bond acceptors (Lipinski definition) is 10. The molecule has 5 heterocycles. The standard InChI is InChI=1S/C37H39F6N7O3S/c1-4-27(51)50-16-20(11-21(50)17-52-3)49(5-2)34-23-12-25(37(41,42)43)29(22-7-8-26(39)32-28(22)24(14-44)33(45)54-32)30(40)31(23)46-35(47-34)53-18-36-9-6-10-48(36)15-19(38)13-36/h7-8,12,19-21H,4-6,9-11,13,15-18,45H2,1-3H3. The van der Waals surface area contributed by atoms with Gasteiger partial charge in [0.1, 0.15) is 41.0 Å². The minimum absolute atomic E-state index is 0.0317. The number of carbonyl (C=O) groups is 1. The largest absolute Gasteiger partial charge is 0.461 e. The fraction of sp³-hybridized carbons (Fsp3) is 0.514. The molecule has 17 heteroatoms. The number of benzene rings is 2. The molecule has 4 atom stereocenters. The number of alkyl halides is 4. The molecule has 0 bridgehead atoms. The van der Waals surface area contributed by atoms with Crippen LogP contribution in [0.1, 0.15) is 57.1 Å². The summed E-state index contributed by atoms with van der Waals surface area (Å²) in [4.78, 5) is 27.4. The van der Waals surface area contributed by atoms with Gasteiger partial charge in [-0.1, -0.05) is 13.0 Å². The average Bonchev–Trinajstić information content (AvgIpc) is 3.89. The lowest BCUT2D eigenvalue weighted by molar-refractivity contribution is -0.137. The molecular formula is C37H39F6N7O3S. The number of methoxy groups -OCH3 is 1. The Morgan fingerprint density at radius 1 is 1.22 bits per heavy atom. The molecule has 2 N–H and O–H groups in total. The molecule has 3 aliphatic heterocycles. The molecule has 7 rings (SSSR count). The predicted molar refractivity (Wildman–Crippen MR) is 192 cm³/mol. The van der Waals surface area contributed by atoms with Gasteiger partial charge in [0.25, 0.3) is 0 Å². The van der Waals surface area contributed by atoms with E-state index in [1.807, 2.05) is 11.0 Å². The lowest BCUT2D eigenvalue weighted by atomic mass is 9.92. The fourth-order valence-corrected chi connectivity index (χ4v) is 9.62. The number of thiophene rings is 1. The van der Waals surface area contributed by atoms with E-state index in [-0.39, 0.29) is 101 Å². The SMILES string of the molecule is CCC(=O)N1CC(N(CC)c2nc(OCC34CCCN3CC(F)C4)nc3c(F)c(-c4ccc(F)c5sc(N)c(C#N)c45)c(C(F)(F)F)cc23)CC1COC. The van der Waals surface area contributed by atoms with Crippen molar-refractivity contribution in [3.05, 3.63) is 41.0 Å². The Balaban J connectivity index is 1.45. The second-order valence-electron chi connectivity index (χ2n) is 14.1. The monoisotopic (exact) mass is 775 g/mol. The summed E-state index contributed by atoms with van der Waals surface area (Å²) in [5, 5.41) is 9.24. The highest BCUT2D eigenvalue weighted by atomic mass is 32.1. The number of nitrogens with two attached hydrogens (primary N) is 1. The molecule has 288 valence electrons. The maximum absolute atomic E-state index is 17.3. The topological polar surface area (TPSA) is 121 Å². The molecule has 3 fully saturated rings. The van der Waals surface area contributed by atoms with Gasteiger partial charge in [0, 0.05) is 55.9 Å². The van der Waals surface area contributed by atoms with Crippen LogP contribution in [-0.2, 0) is 15.7 Å². The van der Waals surface area contributed by atoms with Gasteiger partial charge in [0.05, 0.1) is 40.1 Å². The van der Waals surface area contributed by atoms with Crippen molar-refractivity contribution >= 4 is 49.1 Å². The Kier molecular flexibility index (Phi) is 10.1. The zero-order chi connectivity index (χ0) is 38.7. The molecule has 4 aromatic rings. The smallest absolute Gasteiger partial charge is 0.417 e. The van der Waals surface area contributed by atoms with Crippen molar-refractivity contribution < 1.29 is 40.6 Å². The maximum atomic E-state index is 17.3. The number of nitrogen functional groups attached to an aromatic ring is 1. The van der Waals surface area contributed by atoms with Crippen LogP contribution < -0.4 is 15.4 Å². The van der Waals surface area contributed by atoms with Gasteiger partial charge >= 0.3 is 12.2 Å². The fourth-order valence-electron chi connectivity index (χ4n) is 8.68. The van der Waals surface area contributed by atoms with Crippen molar-refractivity contribution in [2.24, 2.45) is 0 Å². The van der Waals surface area contributed by atoms with Gasteiger partial charge in [-0.15, -0.1) is 11.3 Å². The van der Waals surface area contributed by atoms with Gasteiger partial charge in [0.2, 0.25) is 5.91 Å². The first-order valence-corrected chi connectivity index (χ1v) is 18.7. The second-order valence-corrected chi connectivity index (χ2v) is 15.2. The van der Waals surface area contributed by atoms with Crippen LogP contribution in [0, 0.1) is 23.0 Å². The van der Waals surface area contributed by atoms with E-state index >= 15 is 22.0 Å². The number of hydrogen-bond donors (Lipinski definition) is 1. The molecule has 4 unspecified atom stereocenters. The number of likely N-dealkylation sites (N-methyl/N-ethyl adjacent to an activating group) is 1. The Morgan fingerprint density at radius 3 is 2.69 bits per heavy atom. The van der Waals surface area contributed by atoms with Crippen LogP contribution in [0.3, 0.4) is 0 Å². The van der Waals surface area contributed by atoms with Crippen LogP contribution in [-0.4, -0.2) is 96.0 Å². The van der Waals surface area contributed by atoms with E-state index in [0.29, 0.717) is 30.7 Å². The molecule has 0 aliphatic carbocycles. The summed E-state index contributed by atoms with van der Waals surface area (Å²) in [6.07, 6.45) is -3.89. The molecule has 1 amide bonds. The summed E-state index contributed by atoms with van der Waals surface area (Å²) in [6, 6.07) is 3.40. The quantitative estimate of drug-likeness (QED) is 0.169. The van der Waals surface area contributed by atoms with Crippen LogP contribution >= 0.6 is 11.3 Å². The molecular weight excluding hydrogens is 737 g/mol. The number of nitriles is 1. The normalized spacial score (nSPS) is 23.0.